The molecule has 0 saturated heterocycles. The predicted octanol–water partition coefficient (Wildman–Crippen LogP) is 2.87. The van der Waals surface area contributed by atoms with Crippen LogP contribution in [0.1, 0.15) is 18.1 Å². The van der Waals surface area contributed by atoms with Crippen LogP contribution in [-0.4, -0.2) is 39.3 Å². The van der Waals surface area contributed by atoms with Crippen LogP contribution in [0.5, 0.6) is 0 Å². The zero-order valence-corrected chi connectivity index (χ0v) is 19.1. The highest BCUT2D eigenvalue weighted by atomic mass is 127. The van der Waals surface area contributed by atoms with Gasteiger partial charge in [-0.15, -0.1) is 24.0 Å². The second kappa shape index (κ2) is 10.9. The normalized spacial score (nSPS) is 11.9. The summed E-state index contributed by atoms with van der Waals surface area (Å²) in [6.45, 7) is 3.68. The first-order valence-corrected chi connectivity index (χ1v) is 10.4. The Labute approximate surface area is 176 Å². The fourth-order valence-electron chi connectivity index (χ4n) is 2.17. The first kappa shape index (κ1) is 22.9. The number of hydrogen-bond acceptors (Lipinski definition) is 4. The lowest BCUT2D eigenvalue weighted by Crippen LogP contribution is -2.37. The van der Waals surface area contributed by atoms with Gasteiger partial charge < -0.3 is 10.6 Å². The minimum atomic E-state index is -3.48. The Morgan fingerprint density at radius 1 is 1.19 bits per heavy atom. The van der Waals surface area contributed by atoms with Crippen molar-refractivity contribution in [2.24, 2.45) is 4.99 Å². The van der Waals surface area contributed by atoms with Gasteiger partial charge >= 0.3 is 0 Å². The first-order valence-electron chi connectivity index (χ1n) is 7.99. The number of sulfonamides is 1. The summed E-state index contributed by atoms with van der Waals surface area (Å²) in [5.74, 6) is 0.658. The molecule has 144 valence electrons. The molecule has 2 aromatic rings. The Balaban J connectivity index is 0.00000338. The Morgan fingerprint density at radius 3 is 2.54 bits per heavy atom. The van der Waals surface area contributed by atoms with E-state index in [2.05, 4.69) is 21.0 Å². The van der Waals surface area contributed by atoms with Crippen molar-refractivity contribution in [2.45, 2.75) is 24.9 Å². The maximum Gasteiger partial charge on any atom is 0.242 e. The largest absolute Gasteiger partial charge is 0.357 e. The van der Waals surface area contributed by atoms with E-state index >= 15 is 0 Å². The fourth-order valence-corrected chi connectivity index (χ4v) is 3.95. The lowest BCUT2D eigenvalue weighted by atomic mass is 10.2. The molecule has 2 N–H and O–H groups in total. The van der Waals surface area contributed by atoms with Gasteiger partial charge in [-0.3, -0.25) is 0 Å². The third-order valence-electron chi connectivity index (χ3n) is 3.52. The molecule has 0 fully saturated rings. The molecule has 9 heteroatoms. The van der Waals surface area contributed by atoms with Crippen molar-refractivity contribution in [3.8, 4) is 0 Å². The van der Waals surface area contributed by atoms with Crippen LogP contribution in [0.15, 0.2) is 51.0 Å². The summed E-state index contributed by atoms with van der Waals surface area (Å²) >= 11 is 1.64. The van der Waals surface area contributed by atoms with Gasteiger partial charge in [0.2, 0.25) is 10.0 Å². The standard InChI is InChI=1S/C17H24N4O2S2.HI/c1-4-18-17(19-11-14-9-10-24-13-14)20-12-15-7-5-6-8-16(15)25(22,23)21(2)3;/h5-10,13H,4,11-12H2,1-3H3,(H2,18,19,20);1H. The second-order valence-corrected chi connectivity index (χ2v) is 8.48. The highest BCUT2D eigenvalue weighted by Crippen LogP contribution is 2.18. The summed E-state index contributed by atoms with van der Waals surface area (Å²) < 4.78 is 26.1. The highest BCUT2D eigenvalue weighted by Gasteiger charge is 2.20. The molecule has 0 saturated carbocycles. The van der Waals surface area contributed by atoms with Crippen LogP contribution in [-0.2, 0) is 23.1 Å². The third kappa shape index (κ3) is 6.22. The summed E-state index contributed by atoms with van der Waals surface area (Å²) in [7, 11) is -0.414. The van der Waals surface area contributed by atoms with Crippen molar-refractivity contribution in [1.82, 2.24) is 14.9 Å². The van der Waals surface area contributed by atoms with Gasteiger partial charge in [0.05, 0.1) is 11.4 Å². The van der Waals surface area contributed by atoms with Gasteiger partial charge in [-0.1, -0.05) is 18.2 Å². The van der Waals surface area contributed by atoms with E-state index in [-0.39, 0.29) is 24.0 Å². The van der Waals surface area contributed by atoms with Crippen LogP contribution < -0.4 is 10.6 Å². The zero-order valence-electron chi connectivity index (χ0n) is 15.1. The van der Waals surface area contributed by atoms with Crippen LogP contribution in [0, 0.1) is 0 Å². The maximum absolute atomic E-state index is 12.5. The fraction of sp³-hybridized carbons (Fsp3) is 0.353. The molecular weight excluding hydrogens is 483 g/mol. The van der Waals surface area contributed by atoms with Gasteiger partial charge in [-0.05, 0) is 40.9 Å². The van der Waals surface area contributed by atoms with Crippen molar-refractivity contribution in [1.29, 1.82) is 0 Å². The van der Waals surface area contributed by atoms with Crippen LogP contribution in [0.3, 0.4) is 0 Å². The topological polar surface area (TPSA) is 73.8 Å². The van der Waals surface area contributed by atoms with Crippen molar-refractivity contribution < 1.29 is 8.42 Å². The third-order valence-corrected chi connectivity index (χ3v) is 6.17. The molecule has 0 unspecified atom stereocenters. The first-order chi connectivity index (χ1) is 11.9. The number of halogens is 1. The number of aliphatic imine (C=N–C) groups is 1. The number of hydrogen-bond donors (Lipinski definition) is 2. The SMILES string of the molecule is CCNC(=NCc1ccsc1)NCc1ccccc1S(=O)(=O)N(C)C.I. The number of nitrogens with zero attached hydrogens (tertiary/aromatic N) is 2. The maximum atomic E-state index is 12.5. The van der Waals surface area contributed by atoms with Crippen LogP contribution in [0.25, 0.3) is 0 Å². The molecule has 0 aliphatic heterocycles. The van der Waals surface area contributed by atoms with E-state index in [0.29, 0.717) is 29.5 Å². The van der Waals surface area contributed by atoms with E-state index in [4.69, 9.17) is 0 Å². The Morgan fingerprint density at radius 2 is 1.92 bits per heavy atom. The summed E-state index contributed by atoms with van der Waals surface area (Å²) in [5, 5.41) is 10.5. The zero-order chi connectivity index (χ0) is 18.3. The lowest BCUT2D eigenvalue weighted by molar-refractivity contribution is 0.519. The average Bonchev–Trinajstić information content (AvgIpc) is 3.11. The summed E-state index contributed by atoms with van der Waals surface area (Å²) in [5.41, 5.74) is 1.86. The Hall–Kier alpha value is -1.17. The Kier molecular flexibility index (Phi) is 9.55. The summed E-state index contributed by atoms with van der Waals surface area (Å²) in [6.07, 6.45) is 0. The predicted molar refractivity (Wildman–Crippen MR) is 119 cm³/mol. The van der Waals surface area contributed by atoms with E-state index < -0.39 is 10.0 Å². The molecular formula is C17H25IN4O2S2. The van der Waals surface area contributed by atoms with Crippen molar-refractivity contribution in [3.05, 3.63) is 52.2 Å². The van der Waals surface area contributed by atoms with E-state index in [9.17, 15) is 8.42 Å². The minimum Gasteiger partial charge on any atom is -0.357 e. The van der Waals surface area contributed by atoms with Gasteiger partial charge in [0.25, 0.3) is 0 Å². The van der Waals surface area contributed by atoms with Crippen LogP contribution in [0.4, 0.5) is 0 Å². The van der Waals surface area contributed by atoms with E-state index in [1.807, 2.05) is 30.5 Å². The smallest absolute Gasteiger partial charge is 0.242 e. The molecule has 2 rings (SSSR count). The van der Waals surface area contributed by atoms with E-state index in [1.165, 1.54) is 18.4 Å². The lowest BCUT2D eigenvalue weighted by Gasteiger charge is -2.16. The van der Waals surface area contributed by atoms with Crippen LogP contribution >= 0.6 is 35.3 Å². The number of benzene rings is 1. The molecule has 1 heterocycles. The number of nitrogens with one attached hydrogen (secondary N) is 2. The minimum absolute atomic E-state index is 0. The molecule has 0 spiro atoms. The average molecular weight is 508 g/mol. The monoisotopic (exact) mass is 508 g/mol. The molecule has 0 radical (unpaired) electrons. The molecule has 1 aromatic heterocycles. The van der Waals surface area contributed by atoms with Gasteiger partial charge in [0, 0.05) is 27.2 Å². The summed E-state index contributed by atoms with van der Waals surface area (Å²) in [4.78, 5) is 4.85. The summed E-state index contributed by atoms with van der Waals surface area (Å²) in [6, 6.07) is 9.04. The molecule has 0 aliphatic rings. The Bertz CT molecular complexity index is 806. The molecule has 0 aliphatic carbocycles. The highest BCUT2D eigenvalue weighted by molar-refractivity contribution is 14.0. The molecule has 6 nitrogen and oxygen atoms in total. The van der Waals surface area contributed by atoms with Crippen molar-refractivity contribution in [2.75, 3.05) is 20.6 Å². The van der Waals surface area contributed by atoms with Crippen LogP contribution in [0.2, 0.25) is 0 Å². The molecule has 0 bridgehead atoms. The van der Waals surface area contributed by atoms with Gasteiger partial charge in [0.15, 0.2) is 5.96 Å². The van der Waals surface area contributed by atoms with Gasteiger partial charge in [-0.2, -0.15) is 11.3 Å². The quantitative estimate of drug-likeness (QED) is 0.343. The molecule has 26 heavy (non-hydrogen) atoms. The van der Waals surface area contributed by atoms with Crippen molar-refractivity contribution >= 4 is 51.3 Å². The van der Waals surface area contributed by atoms with Gasteiger partial charge in [0.1, 0.15) is 0 Å². The number of rotatable bonds is 7. The van der Waals surface area contributed by atoms with E-state index in [0.717, 1.165) is 12.1 Å². The van der Waals surface area contributed by atoms with E-state index in [1.54, 1.807) is 23.5 Å². The number of guanidine groups is 1. The molecule has 0 atom stereocenters. The number of thiophene rings is 1. The second-order valence-electron chi connectivity index (χ2n) is 5.58. The van der Waals surface area contributed by atoms with Crippen molar-refractivity contribution in [3.63, 3.8) is 0 Å². The molecule has 0 amide bonds. The van der Waals surface area contributed by atoms with Gasteiger partial charge in [-0.25, -0.2) is 17.7 Å². The molecule has 1 aromatic carbocycles.